The number of benzene rings is 2. The first-order valence-corrected chi connectivity index (χ1v) is 6.16. The van der Waals surface area contributed by atoms with E-state index in [1.54, 1.807) is 0 Å². The summed E-state index contributed by atoms with van der Waals surface area (Å²) in [4.78, 5) is 0. The number of hydrogen-bond acceptors (Lipinski definition) is 1. The fraction of sp³-hybridized carbons (Fsp3) is 0.250. The lowest BCUT2D eigenvalue weighted by molar-refractivity contribution is 0.545. The molecule has 0 amide bonds. The van der Waals surface area contributed by atoms with Gasteiger partial charge in [0.2, 0.25) is 0 Å². The van der Waals surface area contributed by atoms with Gasteiger partial charge in [0, 0.05) is 12.6 Å². The molecule has 0 spiro atoms. The molecule has 0 aromatic heterocycles. The predicted octanol–water partition coefficient (Wildman–Crippen LogP) is 3.83. The first-order chi connectivity index (χ1) is 8.34. The molecule has 1 unspecified atom stereocenters. The molecule has 1 nitrogen and oxygen atoms in total. The Hall–Kier alpha value is -1.31. The van der Waals surface area contributed by atoms with Crippen LogP contribution in [0.1, 0.15) is 18.1 Å². The summed E-state index contributed by atoms with van der Waals surface area (Å²) in [6.07, 6.45) is 1.08. The van der Waals surface area contributed by atoms with Gasteiger partial charge >= 0.3 is 0 Å². The molecule has 2 rings (SSSR count). The second-order valence-electron chi connectivity index (χ2n) is 4.46. The van der Waals surface area contributed by atoms with Gasteiger partial charge in [0.15, 0.2) is 0 Å². The Morgan fingerprint density at radius 2 is 1.33 bits per heavy atom. The Labute approximate surface area is 116 Å². The van der Waals surface area contributed by atoms with E-state index in [2.05, 4.69) is 72.9 Å². The molecule has 96 valence electrons. The van der Waals surface area contributed by atoms with Crippen LogP contribution in [0, 0.1) is 0 Å². The van der Waals surface area contributed by atoms with Gasteiger partial charge in [0.25, 0.3) is 0 Å². The molecule has 0 fully saturated rings. The molecule has 0 aliphatic rings. The predicted molar refractivity (Wildman–Crippen MR) is 80.1 cm³/mol. The van der Waals surface area contributed by atoms with Crippen molar-refractivity contribution in [3.8, 4) is 0 Å². The van der Waals surface area contributed by atoms with Crippen LogP contribution in [-0.2, 0) is 13.0 Å². The Balaban J connectivity index is 0.00000162. The van der Waals surface area contributed by atoms with Crippen molar-refractivity contribution in [2.24, 2.45) is 0 Å². The lowest BCUT2D eigenvalue weighted by Gasteiger charge is -2.13. The molecule has 0 radical (unpaired) electrons. The molecule has 1 atom stereocenters. The second kappa shape index (κ2) is 7.91. The zero-order chi connectivity index (χ0) is 11.9. The fourth-order valence-electron chi connectivity index (χ4n) is 1.93. The average Bonchev–Trinajstić information content (AvgIpc) is 2.39. The fourth-order valence-corrected chi connectivity index (χ4v) is 1.93. The minimum Gasteiger partial charge on any atom is -0.310 e. The van der Waals surface area contributed by atoms with E-state index in [0.29, 0.717) is 6.04 Å². The van der Waals surface area contributed by atoms with Gasteiger partial charge in [-0.25, -0.2) is 0 Å². The first-order valence-electron chi connectivity index (χ1n) is 6.16. The third-order valence-electron chi connectivity index (χ3n) is 2.88. The van der Waals surface area contributed by atoms with Crippen LogP contribution in [-0.4, -0.2) is 6.04 Å². The van der Waals surface area contributed by atoms with E-state index < -0.39 is 0 Å². The molecular formula is C16H20ClN. The Bertz CT molecular complexity index is 427. The van der Waals surface area contributed by atoms with E-state index in [1.807, 2.05) is 0 Å². The van der Waals surface area contributed by atoms with Crippen molar-refractivity contribution in [1.82, 2.24) is 5.32 Å². The third-order valence-corrected chi connectivity index (χ3v) is 2.88. The van der Waals surface area contributed by atoms with Crippen molar-refractivity contribution in [1.29, 1.82) is 0 Å². The molecule has 0 bridgehead atoms. The van der Waals surface area contributed by atoms with Gasteiger partial charge < -0.3 is 5.32 Å². The number of hydrogen-bond donors (Lipinski definition) is 1. The number of nitrogens with one attached hydrogen (secondary N) is 1. The smallest absolute Gasteiger partial charge is 0.0208 e. The summed E-state index contributed by atoms with van der Waals surface area (Å²) in [5.74, 6) is 0. The highest BCUT2D eigenvalue weighted by Gasteiger charge is 2.02. The lowest BCUT2D eigenvalue weighted by Crippen LogP contribution is -2.27. The van der Waals surface area contributed by atoms with Crippen LogP contribution in [0.25, 0.3) is 0 Å². The standard InChI is InChI=1S/C16H19N.ClH/c1-14(12-15-8-4-2-5-9-15)17-13-16-10-6-3-7-11-16;/h2-11,14,17H,12-13H2,1H3;1H. The first kappa shape index (κ1) is 14.7. The summed E-state index contributed by atoms with van der Waals surface area (Å²) in [6, 6.07) is 21.6. The van der Waals surface area contributed by atoms with Gasteiger partial charge in [-0.1, -0.05) is 60.7 Å². The SMILES string of the molecule is CC(Cc1ccccc1)NCc1ccccc1.Cl. The highest BCUT2D eigenvalue weighted by Crippen LogP contribution is 2.04. The van der Waals surface area contributed by atoms with Crippen LogP contribution in [0.4, 0.5) is 0 Å². The highest BCUT2D eigenvalue weighted by molar-refractivity contribution is 5.85. The average molecular weight is 262 g/mol. The third kappa shape index (κ3) is 4.91. The zero-order valence-corrected chi connectivity index (χ0v) is 11.5. The molecule has 2 heteroatoms. The van der Waals surface area contributed by atoms with Gasteiger partial charge in [-0.15, -0.1) is 12.4 Å². The Morgan fingerprint density at radius 1 is 0.833 bits per heavy atom. The second-order valence-corrected chi connectivity index (χ2v) is 4.46. The van der Waals surface area contributed by atoms with E-state index in [4.69, 9.17) is 0 Å². The molecule has 0 saturated carbocycles. The van der Waals surface area contributed by atoms with E-state index in [9.17, 15) is 0 Å². The van der Waals surface area contributed by atoms with Crippen molar-refractivity contribution in [3.63, 3.8) is 0 Å². The maximum absolute atomic E-state index is 3.55. The van der Waals surface area contributed by atoms with E-state index in [0.717, 1.165) is 13.0 Å². The van der Waals surface area contributed by atoms with Crippen LogP contribution in [0.3, 0.4) is 0 Å². The van der Waals surface area contributed by atoms with Crippen molar-refractivity contribution in [2.75, 3.05) is 0 Å². The maximum Gasteiger partial charge on any atom is 0.0208 e. The molecule has 2 aromatic carbocycles. The van der Waals surface area contributed by atoms with E-state index in [-0.39, 0.29) is 12.4 Å². The van der Waals surface area contributed by atoms with Crippen molar-refractivity contribution in [3.05, 3.63) is 71.8 Å². The lowest BCUT2D eigenvalue weighted by atomic mass is 10.1. The van der Waals surface area contributed by atoms with Crippen LogP contribution in [0.5, 0.6) is 0 Å². The summed E-state index contributed by atoms with van der Waals surface area (Å²) in [6.45, 7) is 3.17. The topological polar surface area (TPSA) is 12.0 Å². The van der Waals surface area contributed by atoms with Gasteiger partial charge in [0.1, 0.15) is 0 Å². The molecule has 1 N–H and O–H groups in total. The molecule has 0 aliphatic heterocycles. The number of halogens is 1. The van der Waals surface area contributed by atoms with Crippen LogP contribution in [0.2, 0.25) is 0 Å². The van der Waals surface area contributed by atoms with Gasteiger partial charge in [-0.05, 0) is 24.5 Å². The zero-order valence-electron chi connectivity index (χ0n) is 10.7. The summed E-state index contributed by atoms with van der Waals surface area (Å²) in [5, 5.41) is 3.55. The van der Waals surface area contributed by atoms with Crippen molar-refractivity contribution in [2.45, 2.75) is 25.9 Å². The van der Waals surface area contributed by atoms with E-state index in [1.165, 1.54) is 11.1 Å². The van der Waals surface area contributed by atoms with Crippen LogP contribution in [0.15, 0.2) is 60.7 Å². The highest BCUT2D eigenvalue weighted by atomic mass is 35.5. The minimum atomic E-state index is 0. The molecule has 0 heterocycles. The largest absolute Gasteiger partial charge is 0.310 e. The van der Waals surface area contributed by atoms with Crippen molar-refractivity contribution < 1.29 is 0 Å². The summed E-state index contributed by atoms with van der Waals surface area (Å²) >= 11 is 0. The number of rotatable bonds is 5. The molecule has 18 heavy (non-hydrogen) atoms. The summed E-state index contributed by atoms with van der Waals surface area (Å²) in [5.41, 5.74) is 2.73. The molecule has 0 saturated heterocycles. The monoisotopic (exact) mass is 261 g/mol. The van der Waals surface area contributed by atoms with Crippen molar-refractivity contribution >= 4 is 12.4 Å². The van der Waals surface area contributed by atoms with Gasteiger partial charge in [0.05, 0.1) is 0 Å². The maximum atomic E-state index is 3.55. The normalized spacial score (nSPS) is 11.6. The van der Waals surface area contributed by atoms with Crippen LogP contribution < -0.4 is 5.32 Å². The minimum absolute atomic E-state index is 0. The molecular weight excluding hydrogens is 242 g/mol. The van der Waals surface area contributed by atoms with E-state index >= 15 is 0 Å². The summed E-state index contributed by atoms with van der Waals surface area (Å²) < 4.78 is 0. The van der Waals surface area contributed by atoms with Crippen LogP contribution >= 0.6 is 12.4 Å². The molecule has 2 aromatic rings. The Kier molecular flexibility index (Phi) is 6.48. The quantitative estimate of drug-likeness (QED) is 0.863. The summed E-state index contributed by atoms with van der Waals surface area (Å²) in [7, 11) is 0. The van der Waals surface area contributed by atoms with Gasteiger partial charge in [-0.2, -0.15) is 0 Å². The van der Waals surface area contributed by atoms with Gasteiger partial charge in [-0.3, -0.25) is 0 Å². The Morgan fingerprint density at radius 3 is 1.89 bits per heavy atom. The molecule has 0 aliphatic carbocycles.